The van der Waals surface area contributed by atoms with Gasteiger partial charge in [-0.3, -0.25) is 0 Å². The molecule has 0 radical (unpaired) electrons. The van der Waals surface area contributed by atoms with Gasteiger partial charge in [0.25, 0.3) is 0 Å². The molecule has 21 heavy (non-hydrogen) atoms. The molecule has 112 valence electrons. The van der Waals surface area contributed by atoms with Crippen LogP contribution in [-0.4, -0.2) is 11.1 Å². The lowest BCUT2D eigenvalue weighted by Gasteiger charge is -2.14. The minimum absolute atomic E-state index is 0.0410. The van der Waals surface area contributed by atoms with Crippen LogP contribution in [0.25, 0.3) is 0 Å². The van der Waals surface area contributed by atoms with Gasteiger partial charge in [0.2, 0.25) is 5.88 Å². The summed E-state index contributed by atoms with van der Waals surface area (Å²) in [5.41, 5.74) is 8.72. The lowest BCUT2D eigenvalue weighted by Crippen LogP contribution is -2.09. The number of benzene rings is 1. The van der Waals surface area contributed by atoms with Crippen LogP contribution in [0, 0.1) is 0 Å². The fraction of sp³-hybridized carbons (Fsp3) is 0.353. The molecule has 3 N–H and O–H groups in total. The second-order valence-electron chi connectivity index (χ2n) is 5.66. The van der Waals surface area contributed by atoms with Crippen molar-refractivity contribution >= 4 is 17.2 Å². The first-order valence-corrected chi connectivity index (χ1v) is 7.26. The third-order valence-electron chi connectivity index (χ3n) is 3.06. The summed E-state index contributed by atoms with van der Waals surface area (Å²) >= 11 is 0. The predicted molar refractivity (Wildman–Crippen MR) is 88.2 cm³/mol. The van der Waals surface area contributed by atoms with Crippen molar-refractivity contribution in [2.24, 2.45) is 0 Å². The Morgan fingerprint density at radius 1 is 1.10 bits per heavy atom. The molecule has 2 rings (SSSR count). The van der Waals surface area contributed by atoms with Crippen LogP contribution in [0.2, 0.25) is 0 Å². The van der Waals surface area contributed by atoms with Crippen molar-refractivity contribution in [2.75, 3.05) is 11.1 Å². The van der Waals surface area contributed by atoms with Gasteiger partial charge in [0, 0.05) is 5.69 Å². The number of nitrogen functional groups attached to an aromatic ring is 1. The first-order chi connectivity index (χ1) is 9.95. The predicted octanol–water partition coefficient (Wildman–Crippen LogP) is 4.32. The van der Waals surface area contributed by atoms with E-state index in [1.54, 1.807) is 6.07 Å². The van der Waals surface area contributed by atoms with Crippen molar-refractivity contribution < 1.29 is 4.74 Å². The van der Waals surface area contributed by atoms with Gasteiger partial charge in [-0.25, -0.2) is 0 Å². The van der Waals surface area contributed by atoms with E-state index in [-0.39, 0.29) is 6.10 Å². The number of rotatable bonds is 5. The minimum atomic E-state index is 0.0410. The van der Waals surface area contributed by atoms with Crippen LogP contribution in [0.1, 0.15) is 39.2 Å². The van der Waals surface area contributed by atoms with Crippen molar-refractivity contribution in [1.29, 1.82) is 0 Å². The highest BCUT2D eigenvalue weighted by Crippen LogP contribution is 2.25. The number of aromatic nitrogens is 1. The molecule has 0 amide bonds. The highest BCUT2D eigenvalue weighted by Gasteiger charge is 2.07. The fourth-order valence-corrected chi connectivity index (χ4v) is 1.96. The lowest BCUT2D eigenvalue weighted by atomic mass is 10.0. The third-order valence-corrected chi connectivity index (χ3v) is 3.06. The van der Waals surface area contributed by atoms with Crippen molar-refractivity contribution in [3.05, 3.63) is 42.0 Å². The molecule has 0 saturated carbocycles. The summed E-state index contributed by atoms with van der Waals surface area (Å²) in [6.07, 6.45) is 0.0410. The Bertz CT molecular complexity index is 609. The summed E-state index contributed by atoms with van der Waals surface area (Å²) in [6.45, 7) is 8.25. The Balaban J connectivity index is 2.21. The number of anilines is 3. The molecule has 0 bridgehead atoms. The molecule has 2 aromatic rings. The highest BCUT2D eigenvalue weighted by molar-refractivity contribution is 5.61. The number of ether oxygens (including phenoxy) is 1. The molecule has 1 aromatic heterocycles. The first-order valence-electron chi connectivity index (χ1n) is 7.26. The summed E-state index contributed by atoms with van der Waals surface area (Å²) in [6, 6.07) is 12.0. The zero-order valence-corrected chi connectivity index (χ0v) is 13.1. The van der Waals surface area contributed by atoms with Crippen LogP contribution >= 0.6 is 0 Å². The molecule has 4 nitrogen and oxygen atoms in total. The van der Waals surface area contributed by atoms with E-state index in [0.717, 1.165) is 11.5 Å². The number of pyridine rings is 1. The van der Waals surface area contributed by atoms with Gasteiger partial charge in [-0.15, -0.1) is 0 Å². The molecule has 0 fully saturated rings. The van der Waals surface area contributed by atoms with Crippen LogP contribution < -0.4 is 15.8 Å². The fourth-order valence-electron chi connectivity index (χ4n) is 1.96. The van der Waals surface area contributed by atoms with Gasteiger partial charge in [0.1, 0.15) is 5.82 Å². The molecule has 0 atom stereocenters. The van der Waals surface area contributed by atoms with E-state index in [1.807, 2.05) is 32.0 Å². The normalized spacial score (nSPS) is 11.0. The molecule has 0 aliphatic rings. The maximum Gasteiger partial charge on any atom is 0.239 e. The number of nitrogens with one attached hydrogen (secondary N) is 1. The van der Waals surface area contributed by atoms with Crippen molar-refractivity contribution in [1.82, 2.24) is 4.98 Å². The van der Waals surface area contributed by atoms with E-state index in [9.17, 15) is 0 Å². The van der Waals surface area contributed by atoms with Crippen LogP contribution in [0.4, 0.5) is 17.2 Å². The van der Waals surface area contributed by atoms with Crippen LogP contribution in [0.5, 0.6) is 5.88 Å². The summed E-state index contributed by atoms with van der Waals surface area (Å²) in [4.78, 5) is 4.42. The van der Waals surface area contributed by atoms with E-state index in [2.05, 4.69) is 36.3 Å². The Kier molecular flexibility index (Phi) is 4.68. The van der Waals surface area contributed by atoms with Gasteiger partial charge in [0.15, 0.2) is 0 Å². The van der Waals surface area contributed by atoms with E-state index in [0.29, 0.717) is 17.5 Å². The molecule has 1 aromatic carbocycles. The smallest absolute Gasteiger partial charge is 0.239 e. The van der Waals surface area contributed by atoms with Crippen LogP contribution in [0.15, 0.2) is 36.4 Å². The zero-order valence-electron chi connectivity index (χ0n) is 13.1. The average molecular weight is 285 g/mol. The maximum atomic E-state index is 5.88. The summed E-state index contributed by atoms with van der Waals surface area (Å²) < 4.78 is 5.61. The molecule has 0 unspecified atom stereocenters. The van der Waals surface area contributed by atoms with Gasteiger partial charge >= 0.3 is 0 Å². The molecule has 0 aliphatic heterocycles. The van der Waals surface area contributed by atoms with Gasteiger partial charge in [-0.05, 0) is 49.6 Å². The van der Waals surface area contributed by atoms with E-state index in [1.165, 1.54) is 5.56 Å². The molecule has 0 spiro atoms. The Morgan fingerprint density at radius 3 is 2.52 bits per heavy atom. The van der Waals surface area contributed by atoms with E-state index < -0.39 is 0 Å². The standard InChI is InChI=1S/C17H23N3O/c1-11(2)13-6-5-7-14(10-13)19-16-9-8-15(18)17(20-16)21-12(3)4/h5-12H,18H2,1-4H3,(H,19,20). The highest BCUT2D eigenvalue weighted by atomic mass is 16.5. The van der Waals surface area contributed by atoms with Crippen molar-refractivity contribution in [2.45, 2.75) is 39.7 Å². The maximum absolute atomic E-state index is 5.88. The quantitative estimate of drug-likeness (QED) is 0.859. The van der Waals surface area contributed by atoms with Crippen molar-refractivity contribution in [3.8, 4) is 5.88 Å². The first kappa shape index (κ1) is 15.2. The molecule has 4 heteroatoms. The Labute approximate surface area is 126 Å². The molecular formula is C17H23N3O. The SMILES string of the molecule is CC(C)Oc1nc(Nc2cccc(C(C)C)c2)ccc1N. The average Bonchev–Trinajstić information content (AvgIpc) is 2.42. The largest absolute Gasteiger partial charge is 0.473 e. The molecular weight excluding hydrogens is 262 g/mol. The van der Waals surface area contributed by atoms with Gasteiger partial charge < -0.3 is 15.8 Å². The molecule has 0 aliphatic carbocycles. The monoisotopic (exact) mass is 285 g/mol. The second kappa shape index (κ2) is 6.48. The van der Waals surface area contributed by atoms with E-state index >= 15 is 0 Å². The number of nitrogens with zero attached hydrogens (tertiary/aromatic N) is 1. The van der Waals surface area contributed by atoms with Gasteiger partial charge in [0.05, 0.1) is 11.8 Å². The Morgan fingerprint density at radius 2 is 1.86 bits per heavy atom. The minimum Gasteiger partial charge on any atom is -0.473 e. The second-order valence-corrected chi connectivity index (χ2v) is 5.66. The summed E-state index contributed by atoms with van der Waals surface area (Å²) in [5.74, 6) is 1.68. The van der Waals surface area contributed by atoms with Gasteiger partial charge in [-0.2, -0.15) is 4.98 Å². The van der Waals surface area contributed by atoms with Crippen LogP contribution in [0.3, 0.4) is 0 Å². The van der Waals surface area contributed by atoms with Gasteiger partial charge in [-0.1, -0.05) is 26.0 Å². The molecule has 1 heterocycles. The summed E-state index contributed by atoms with van der Waals surface area (Å²) in [7, 11) is 0. The van der Waals surface area contributed by atoms with Crippen LogP contribution in [-0.2, 0) is 0 Å². The topological polar surface area (TPSA) is 60.2 Å². The Hall–Kier alpha value is -2.23. The summed E-state index contributed by atoms with van der Waals surface area (Å²) in [5, 5.41) is 3.29. The third kappa shape index (κ3) is 4.12. The number of hydrogen-bond donors (Lipinski definition) is 2. The number of hydrogen-bond acceptors (Lipinski definition) is 4. The zero-order chi connectivity index (χ0) is 15.4. The van der Waals surface area contributed by atoms with E-state index in [4.69, 9.17) is 10.5 Å². The lowest BCUT2D eigenvalue weighted by molar-refractivity contribution is 0.234. The number of nitrogens with two attached hydrogens (primary N) is 1. The van der Waals surface area contributed by atoms with Crippen molar-refractivity contribution in [3.63, 3.8) is 0 Å². The molecule has 0 saturated heterocycles.